The van der Waals surface area contributed by atoms with Gasteiger partial charge in [0.1, 0.15) is 5.75 Å². The summed E-state index contributed by atoms with van der Waals surface area (Å²) >= 11 is 6.95. The highest BCUT2D eigenvalue weighted by Crippen LogP contribution is 2.37. The molecule has 0 spiro atoms. The lowest BCUT2D eigenvalue weighted by Gasteiger charge is -2.10. The molecular weight excluding hydrogens is 431 g/mol. The minimum atomic E-state index is -4.71. The molecule has 0 saturated carbocycles. The molecule has 29 heavy (non-hydrogen) atoms. The standard InChI is InChI=1S/C19H11ClF3NO4S/c20-18-13-4-2-1-3-11(13)5-7-15(18)28-17(25)10-29-16-8-6-12(19(21,22)23)9-14(16)24(26)27/h1-9H,10H2. The van der Waals surface area contributed by atoms with E-state index < -0.39 is 28.3 Å². The van der Waals surface area contributed by atoms with Crippen molar-refractivity contribution in [1.82, 2.24) is 0 Å². The molecule has 0 heterocycles. The number of hydrogen-bond donors (Lipinski definition) is 0. The lowest BCUT2D eigenvalue weighted by molar-refractivity contribution is -0.388. The molecule has 3 aromatic rings. The minimum absolute atomic E-state index is 0.0791. The van der Waals surface area contributed by atoms with E-state index in [1.54, 1.807) is 18.2 Å². The highest BCUT2D eigenvalue weighted by atomic mass is 35.5. The van der Waals surface area contributed by atoms with E-state index in [0.717, 1.165) is 17.5 Å². The number of benzene rings is 3. The van der Waals surface area contributed by atoms with Gasteiger partial charge in [-0.15, -0.1) is 11.8 Å². The number of hydrogen-bond acceptors (Lipinski definition) is 5. The lowest BCUT2D eigenvalue weighted by atomic mass is 10.1. The maximum atomic E-state index is 12.8. The number of halogens is 4. The zero-order chi connectivity index (χ0) is 21.2. The second kappa shape index (κ2) is 8.30. The number of alkyl halides is 3. The van der Waals surface area contributed by atoms with E-state index in [1.165, 1.54) is 6.07 Å². The first-order valence-corrected chi connectivity index (χ1v) is 9.39. The summed E-state index contributed by atoms with van der Waals surface area (Å²) in [5, 5.41) is 12.9. The molecule has 0 aliphatic carbocycles. The summed E-state index contributed by atoms with van der Waals surface area (Å²) in [4.78, 5) is 22.2. The molecule has 0 fully saturated rings. The van der Waals surface area contributed by atoms with Crippen molar-refractivity contribution >= 4 is 45.8 Å². The van der Waals surface area contributed by atoms with Gasteiger partial charge in [0.25, 0.3) is 5.69 Å². The smallest absolute Gasteiger partial charge is 0.416 e. The van der Waals surface area contributed by atoms with Crippen molar-refractivity contribution in [3.05, 3.63) is 75.3 Å². The Kier molecular flexibility index (Phi) is 5.99. The van der Waals surface area contributed by atoms with Gasteiger partial charge in [-0.1, -0.05) is 41.9 Å². The molecule has 150 valence electrons. The first-order chi connectivity index (χ1) is 13.7. The number of fused-ring (bicyclic) bond motifs is 1. The van der Waals surface area contributed by atoms with Crippen LogP contribution >= 0.6 is 23.4 Å². The van der Waals surface area contributed by atoms with Gasteiger partial charge in [-0.25, -0.2) is 0 Å². The Hall–Kier alpha value is -2.78. The first kappa shape index (κ1) is 20.9. The number of nitrogens with zero attached hydrogens (tertiary/aromatic N) is 1. The summed E-state index contributed by atoms with van der Waals surface area (Å²) in [6, 6.07) is 12.6. The zero-order valence-electron chi connectivity index (χ0n) is 14.4. The SMILES string of the molecule is O=C(CSc1ccc(C(F)(F)F)cc1[N+](=O)[O-])Oc1ccc2ccccc2c1Cl. The van der Waals surface area contributed by atoms with Crippen LogP contribution in [0, 0.1) is 10.1 Å². The summed E-state index contributed by atoms with van der Waals surface area (Å²) < 4.78 is 43.5. The van der Waals surface area contributed by atoms with Gasteiger partial charge in [0.15, 0.2) is 0 Å². The van der Waals surface area contributed by atoms with Gasteiger partial charge in [-0.2, -0.15) is 13.2 Å². The van der Waals surface area contributed by atoms with Gasteiger partial charge in [-0.3, -0.25) is 14.9 Å². The number of nitro groups is 1. The summed E-state index contributed by atoms with van der Waals surface area (Å²) in [6.07, 6.45) is -4.71. The first-order valence-electron chi connectivity index (χ1n) is 8.03. The third kappa shape index (κ3) is 4.80. The van der Waals surface area contributed by atoms with Crippen LogP contribution in [-0.4, -0.2) is 16.6 Å². The Morgan fingerprint density at radius 3 is 2.55 bits per heavy atom. The number of rotatable bonds is 5. The van der Waals surface area contributed by atoms with Gasteiger partial charge >= 0.3 is 12.1 Å². The Morgan fingerprint density at radius 1 is 1.14 bits per heavy atom. The van der Waals surface area contributed by atoms with Crippen molar-refractivity contribution in [3.63, 3.8) is 0 Å². The second-order valence-electron chi connectivity index (χ2n) is 5.80. The number of thioether (sulfide) groups is 1. The van der Waals surface area contributed by atoms with E-state index in [9.17, 15) is 28.1 Å². The monoisotopic (exact) mass is 441 g/mol. The van der Waals surface area contributed by atoms with Crippen LogP contribution in [0.2, 0.25) is 5.02 Å². The largest absolute Gasteiger partial charge is 0.424 e. The molecule has 0 saturated heterocycles. The number of carbonyl (C=O) groups excluding carboxylic acids is 1. The van der Waals surface area contributed by atoms with Crippen LogP contribution in [0.4, 0.5) is 18.9 Å². The fourth-order valence-electron chi connectivity index (χ4n) is 2.54. The molecule has 10 heteroatoms. The lowest BCUT2D eigenvalue weighted by Crippen LogP contribution is -2.11. The van der Waals surface area contributed by atoms with Gasteiger partial charge in [0.2, 0.25) is 0 Å². The van der Waals surface area contributed by atoms with Crippen LogP contribution in [0.1, 0.15) is 5.56 Å². The highest BCUT2D eigenvalue weighted by Gasteiger charge is 2.33. The van der Waals surface area contributed by atoms with Crippen LogP contribution < -0.4 is 4.74 Å². The molecule has 0 aliphatic rings. The normalized spacial score (nSPS) is 11.4. The molecule has 0 atom stereocenters. The molecule has 5 nitrogen and oxygen atoms in total. The summed E-state index contributed by atoms with van der Waals surface area (Å²) in [7, 11) is 0. The summed E-state index contributed by atoms with van der Waals surface area (Å²) in [5.41, 5.74) is -1.87. The fraction of sp³-hybridized carbons (Fsp3) is 0.105. The predicted molar refractivity (Wildman–Crippen MR) is 103 cm³/mol. The Bertz CT molecular complexity index is 1100. The Morgan fingerprint density at radius 2 is 1.86 bits per heavy atom. The van der Waals surface area contributed by atoms with Crippen molar-refractivity contribution in [2.45, 2.75) is 11.1 Å². The van der Waals surface area contributed by atoms with Crippen molar-refractivity contribution in [3.8, 4) is 5.75 Å². The molecule has 0 N–H and O–H groups in total. The average molecular weight is 442 g/mol. The third-order valence-electron chi connectivity index (χ3n) is 3.88. The van der Waals surface area contributed by atoms with Crippen molar-refractivity contribution in [2.75, 3.05) is 5.75 Å². The zero-order valence-corrected chi connectivity index (χ0v) is 16.0. The minimum Gasteiger partial charge on any atom is -0.424 e. The summed E-state index contributed by atoms with van der Waals surface area (Å²) in [6.45, 7) is 0. The van der Waals surface area contributed by atoms with E-state index in [2.05, 4.69) is 0 Å². The van der Waals surface area contributed by atoms with E-state index in [-0.39, 0.29) is 21.4 Å². The van der Waals surface area contributed by atoms with E-state index in [4.69, 9.17) is 16.3 Å². The average Bonchev–Trinajstić information content (AvgIpc) is 2.68. The van der Waals surface area contributed by atoms with Crippen molar-refractivity contribution in [1.29, 1.82) is 0 Å². The quantitative estimate of drug-likeness (QED) is 0.157. The van der Waals surface area contributed by atoms with Crippen molar-refractivity contribution in [2.24, 2.45) is 0 Å². The van der Waals surface area contributed by atoms with Gasteiger partial charge < -0.3 is 4.74 Å². The number of nitro benzene ring substituents is 1. The molecule has 0 aromatic heterocycles. The molecule has 3 rings (SSSR count). The molecule has 0 amide bonds. The molecule has 0 radical (unpaired) electrons. The third-order valence-corrected chi connectivity index (χ3v) is 5.31. The van der Waals surface area contributed by atoms with Gasteiger partial charge in [-0.05, 0) is 23.6 Å². The number of carbonyl (C=O) groups is 1. The molecule has 0 aliphatic heterocycles. The van der Waals surface area contributed by atoms with Crippen LogP contribution in [0.5, 0.6) is 5.75 Å². The Labute approximate surface area is 171 Å². The predicted octanol–water partition coefficient (Wildman–Crippen LogP) is 6.12. The maximum Gasteiger partial charge on any atom is 0.416 e. The van der Waals surface area contributed by atoms with Gasteiger partial charge in [0.05, 0.1) is 26.2 Å². The second-order valence-corrected chi connectivity index (χ2v) is 7.19. The van der Waals surface area contributed by atoms with E-state index >= 15 is 0 Å². The Balaban J connectivity index is 1.74. The molecule has 0 unspecified atom stereocenters. The fourth-order valence-corrected chi connectivity index (χ4v) is 3.59. The number of ether oxygens (including phenoxy) is 1. The van der Waals surface area contributed by atoms with Crippen LogP contribution in [0.15, 0.2) is 59.5 Å². The van der Waals surface area contributed by atoms with E-state index in [1.807, 2.05) is 12.1 Å². The highest BCUT2D eigenvalue weighted by molar-refractivity contribution is 8.00. The topological polar surface area (TPSA) is 69.4 Å². The van der Waals surface area contributed by atoms with Gasteiger partial charge in [0, 0.05) is 11.5 Å². The molecule has 0 bridgehead atoms. The van der Waals surface area contributed by atoms with Crippen LogP contribution in [-0.2, 0) is 11.0 Å². The number of esters is 1. The maximum absolute atomic E-state index is 12.8. The van der Waals surface area contributed by atoms with Crippen LogP contribution in [0.25, 0.3) is 10.8 Å². The molecular formula is C19H11ClF3NO4S. The van der Waals surface area contributed by atoms with Crippen LogP contribution in [0.3, 0.4) is 0 Å². The van der Waals surface area contributed by atoms with Crippen molar-refractivity contribution < 1.29 is 27.6 Å². The summed E-state index contributed by atoms with van der Waals surface area (Å²) in [5.74, 6) is -0.978. The molecule has 3 aromatic carbocycles. The van der Waals surface area contributed by atoms with E-state index in [0.29, 0.717) is 23.2 Å².